The van der Waals surface area contributed by atoms with Crippen molar-refractivity contribution >= 4 is 30.7 Å². The molecule has 1 fully saturated rings. The van der Waals surface area contributed by atoms with Gasteiger partial charge in [-0.2, -0.15) is 0 Å². The highest BCUT2D eigenvalue weighted by molar-refractivity contribution is 5.85. The minimum atomic E-state index is 0. The molecule has 1 aromatic heterocycles. The Morgan fingerprint density at radius 3 is 2.60 bits per heavy atom. The Bertz CT molecular complexity index is 568. The lowest BCUT2D eigenvalue weighted by atomic mass is 9.93. The number of nitrogens with one attached hydrogen (secondary N) is 1. The molecule has 3 rings (SSSR count). The van der Waals surface area contributed by atoms with Crippen molar-refractivity contribution in [1.29, 1.82) is 0 Å². The Balaban J connectivity index is 0.00000156. The first-order chi connectivity index (χ1) is 11.1. The summed E-state index contributed by atoms with van der Waals surface area (Å²) in [7, 11) is 2.11. The van der Waals surface area contributed by atoms with Crippen LogP contribution in [0, 0.1) is 5.92 Å². The van der Waals surface area contributed by atoms with Crippen LogP contribution in [0.25, 0.3) is 0 Å². The highest BCUT2D eigenvalue weighted by atomic mass is 35.5. The number of aromatic nitrogens is 2. The van der Waals surface area contributed by atoms with E-state index in [2.05, 4.69) is 30.8 Å². The van der Waals surface area contributed by atoms with Gasteiger partial charge in [0.2, 0.25) is 5.91 Å². The molecule has 0 radical (unpaired) electrons. The fourth-order valence-corrected chi connectivity index (χ4v) is 3.93. The first-order valence-electron chi connectivity index (χ1n) is 9.09. The molecule has 25 heavy (non-hydrogen) atoms. The van der Waals surface area contributed by atoms with E-state index in [0.29, 0.717) is 24.8 Å². The first-order valence-corrected chi connectivity index (χ1v) is 9.09. The van der Waals surface area contributed by atoms with Crippen molar-refractivity contribution < 1.29 is 4.79 Å². The second kappa shape index (κ2) is 9.79. The number of imidazole rings is 1. The third-order valence-corrected chi connectivity index (χ3v) is 5.38. The second-order valence-corrected chi connectivity index (χ2v) is 7.37. The zero-order valence-electron chi connectivity index (χ0n) is 15.6. The molecule has 144 valence electrons. The minimum Gasteiger partial charge on any atom is -0.336 e. The summed E-state index contributed by atoms with van der Waals surface area (Å²) < 4.78 is 2.23. The molecule has 0 atom stereocenters. The SMILES string of the molecule is CC(C)c1nc2c(n1C)CCN(C(=O)CCC1CCNCC1)C2.Cl.Cl. The van der Waals surface area contributed by atoms with Gasteiger partial charge in [0.1, 0.15) is 5.82 Å². The summed E-state index contributed by atoms with van der Waals surface area (Å²) in [4.78, 5) is 19.4. The average Bonchev–Trinajstić information content (AvgIpc) is 2.90. The molecule has 1 aromatic rings. The summed E-state index contributed by atoms with van der Waals surface area (Å²) in [5, 5.41) is 3.39. The number of hydrogen-bond donors (Lipinski definition) is 1. The van der Waals surface area contributed by atoms with Crippen LogP contribution in [0.4, 0.5) is 0 Å². The molecule has 3 heterocycles. The lowest BCUT2D eigenvalue weighted by molar-refractivity contribution is -0.132. The fraction of sp³-hybridized carbons (Fsp3) is 0.778. The van der Waals surface area contributed by atoms with E-state index in [1.54, 1.807) is 0 Å². The van der Waals surface area contributed by atoms with Crippen LogP contribution in [-0.4, -0.2) is 40.0 Å². The van der Waals surface area contributed by atoms with Crippen LogP contribution < -0.4 is 5.32 Å². The molecule has 1 saturated heterocycles. The lowest BCUT2D eigenvalue weighted by Crippen LogP contribution is -2.37. The highest BCUT2D eigenvalue weighted by Gasteiger charge is 2.26. The van der Waals surface area contributed by atoms with Crippen LogP contribution in [-0.2, 0) is 24.8 Å². The topological polar surface area (TPSA) is 50.2 Å². The first kappa shape index (κ1) is 22.3. The molecular weight excluding hydrogens is 359 g/mol. The van der Waals surface area contributed by atoms with Gasteiger partial charge in [-0.3, -0.25) is 4.79 Å². The number of rotatable bonds is 4. The number of amides is 1. The zero-order valence-corrected chi connectivity index (χ0v) is 17.2. The molecule has 7 heteroatoms. The van der Waals surface area contributed by atoms with Crippen molar-refractivity contribution in [2.75, 3.05) is 19.6 Å². The molecule has 1 N–H and O–H groups in total. The Morgan fingerprint density at radius 2 is 1.96 bits per heavy atom. The van der Waals surface area contributed by atoms with Gasteiger partial charge in [-0.25, -0.2) is 4.98 Å². The van der Waals surface area contributed by atoms with Crippen molar-refractivity contribution in [3.05, 3.63) is 17.2 Å². The molecular formula is C18H32Cl2N4O. The molecule has 0 bridgehead atoms. The van der Waals surface area contributed by atoms with E-state index in [0.717, 1.165) is 49.9 Å². The molecule has 1 amide bonds. The summed E-state index contributed by atoms with van der Waals surface area (Å²) >= 11 is 0. The summed E-state index contributed by atoms with van der Waals surface area (Å²) in [6.07, 6.45) is 5.11. The predicted molar refractivity (Wildman–Crippen MR) is 106 cm³/mol. The van der Waals surface area contributed by atoms with Gasteiger partial charge < -0.3 is 14.8 Å². The Morgan fingerprint density at radius 1 is 1.28 bits per heavy atom. The smallest absolute Gasteiger partial charge is 0.222 e. The molecule has 2 aliphatic heterocycles. The third kappa shape index (κ3) is 5.11. The van der Waals surface area contributed by atoms with Crippen LogP contribution in [0.5, 0.6) is 0 Å². The van der Waals surface area contributed by atoms with Crippen LogP contribution in [0.2, 0.25) is 0 Å². The lowest BCUT2D eigenvalue weighted by Gasteiger charge is -2.28. The molecule has 0 aromatic carbocycles. The normalized spacial score (nSPS) is 17.7. The maximum Gasteiger partial charge on any atom is 0.222 e. The number of nitrogens with zero attached hydrogens (tertiary/aromatic N) is 3. The summed E-state index contributed by atoms with van der Waals surface area (Å²) in [5.74, 6) is 2.60. The van der Waals surface area contributed by atoms with Crippen LogP contribution in [0.1, 0.15) is 62.7 Å². The monoisotopic (exact) mass is 390 g/mol. The van der Waals surface area contributed by atoms with Crippen molar-refractivity contribution in [3.63, 3.8) is 0 Å². The number of fused-ring (bicyclic) bond motifs is 1. The van der Waals surface area contributed by atoms with Crippen molar-refractivity contribution in [2.45, 2.75) is 58.4 Å². The van der Waals surface area contributed by atoms with Crippen LogP contribution >= 0.6 is 24.8 Å². The van der Waals surface area contributed by atoms with Gasteiger partial charge in [-0.05, 0) is 38.3 Å². The van der Waals surface area contributed by atoms with E-state index in [4.69, 9.17) is 4.98 Å². The summed E-state index contributed by atoms with van der Waals surface area (Å²) in [6.45, 7) is 8.11. The standard InChI is InChI=1S/C18H30N4O.2ClH/c1-13(2)18-20-15-12-22(11-8-16(15)21(18)3)17(23)5-4-14-6-9-19-10-7-14;;/h13-14,19H,4-12H2,1-3H3;2*1H. The molecule has 0 aliphatic carbocycles. The Kier molecular flexibility index (Phi) is 8.72. The van der Waals surface area contributed by atoms with Gasteiger partial charge in [0.15, 0.2) is 0 Å². The van der Waals surface area contributed by atoms with E-state index >= 15 is 0 Å². The number of piperidine rings is 1. The molecule has 0 spiro atoms. The third-order valence-electron chi connectivity index (χ3n) is 5.38. The quantitative estimate of drug-likeness (QED) is 0.858. The summed E-state index contributed by atoms with van der Waals surface area (Å²) in [6, 6.07) is 0. The van der Waals surface area contributed by atoms with Gasteiger partial charge >= 0.3 is 0 Å². The minimum absolute atomic E-state index is 0. The molecule has 5 nitrogen and oxygen atoms in total. The van der Waals surface area contributed by atoms with Gasteiger partial charge in [-0.1, -0.05) is 13.8 Å². The molecule has 0 saturated carbocycles. The molecule has 0 unspecified atom stereocenters. The molecule has 2 aliphatic rings. The van der Waals surface area contributed by atoms with Crippen LogP contribution in [0.3, 0.4) is 0 Å². The van der Waals surface area contributed by atoms with Gasteiger partial charge in [0.25, 0.3) is 0 Å². The van der Waals surface area contributed by atoms with E-state index in [1.807, 2.05) is 4.90 Å². The van der Waals surface area contributed by atoms with Gasteiger partial charge in [0.05, 0.1) is 12.2 Å². The largest absolute Gasteiger partial charge is 0.336 e. The fourth-order valence-electron chi connectivity index (χ4n) is 3.93. The van der Waals surface area contributed by atoms with E-state index < -0.39 is 0 Å². The summed E-state index contributed by atoms with van der Waals surface area (Å²) in [5.41, 5.74) is 2.42. The maximum absolute atomic E-state index is 12.6. The van der Waals surface area contributed by atoms with E-state index in [1.165, 1.54) is 18.5 Å². The van der Waals surface area contributed by atoms with Gasteiger partial charge in [-0.15, -0.1) is 24.8 Å². The second-order valence-electron chi connectivity index (χ2n) is 7.37. The maximum atomic E-state index is 12.6. The van der Waals surface area contributed by atoms with Crippen molar-refractivity contribution in [1.82, 2.24) is 19.8 Å². The van der Waals surface area contributed by atoms with Crippen LogP contribution in [0.15, 0.2) is 0 Å². The van der Waals surface area contributed by atoms with Crippen molar-refractivity contribution in [2.24, 2.45) is 13.0 Å². The highest BCUT2D eigenvalue weighted by Crippen LogP contribution is 2.24. The Labute approximate surface area is 163 Å². The Hall–Kier alpha value is -0.780. The van der Waals surface area contributed by atoms with E-state index in [-0.39, 0.29) is 24.8 Å². The number of carbonyl (C=O) groups excluding carboxylic acids is 1. The van der Waals surface area contributed by atoms with Gasteiger partial charge in [0, 0.05) is 38.0 Å². The zero-order chi connectivity index (χ0) is 16.4. The predicted octanol–water partition coefficient (Wildman–Crippen LogP) is 3.05. The number of hydrogen-bond acceptors (Lipinski definition) is 3. The number of carbonyl (C=O) groups is 1. The van der Waals surface area contributed by atoms with Crippen molar-refractivity contribution in [3.8, 4) is 0 Å². The van der Waals surface area contributed by atoms with E-state index in [9.17, 15) is 4.79 Å². The average molecular weight is 391 g/mol. The number of halogens is 2.